The molecule has 2 atom stereocenters. The topological polar surface area (TPSA) is 86.8 Å². The third kappa shape index (κ3) is 7.97. The van der Waals surface area contributed by atoms with Crippen molar-refractivity contribution in [1.82, 2.24) is 4.90 Å². The van der Waals surface area contributed by atoms with E-state index in [9.17, 15) is 4.79 Å². The molecule has 2 unspecified atom stereocenters. The normalized spacial score (nSPS) is 15.5. The molecular formula is C9H20N2O3. The number of hydrogen-bond donors (Lipinski definition) is 3. The Bertz CT molecular complexity index is 161. The van der Waals surface area contributed by atoms with E-state index < -0.39 is 12.2 Å². The summed E-state index contributed by atoms with van der Waals surface area (Å²) < 4.78 is 0. The van der Waals surface area contributed by atoms with Gasteiger partial charge in [0.05, 0.1) is 12.2 Å². The van der Waals surface area contributed by atoms with Crippen LogP contribution in [0.4, 0.5) is 0 Å². The number of rotatable bonds is 7. The van der Waals surface area contributed by atoms with E-state index in [0.717, 1.165) is 0 Å². The van der Waals surface area contributed by atoms with E-state index in [1.165, 1.54) is 0 Å². The zero-order chi connectivity index (χ0) is 11.1. The summed E-state index contributed by atoms with van der Waals surface area (Å²) in [5, 5.41) is 18.3. The second-order valence-corrected chi connectivity index (χ2v) is 3.67. The fraction of sp³-hybridized carbons (Fsp3) is 0.889. The third-order valence-corrected chi connectivity index (χ3v) is 1.72. The molecule has 1 amide bonds. The fourth-order valence-corrected chi connectivity index (χ4v) is 1.27. The van der Waals surface area contributed by atoms with Crippen molar-refractivity contribution < 1.29 is 15.0 Å². The minimum Gasteiger partial charge on any atom is -0.392 e. The number of carbonyl (C=O) groups excluding carboxylic acids is 1. The largest absolute Gasteiger partial charge is 0.392 e. The lowest BCUT2D eigenvalue weighted by Gasteiger charge is -2.24. The molecule has 84 valence electrons. The predicted molar refractivity (Wildman–Crippen MR) is 53.6 cm³/mol. The van der Waals surface area contributed by atoms with Gasteiger partial charge in [0.25, 0.3) is 0 Å². The minimum absolute atomic E-state index is 0.249. The molecule has 5 heteroatoms. The van der Waals surface area contributed by atoms with E-state index >= 15 is 0 Å². The lowest BCUT2D eigenvalue weighted by atomic mass is 10.2. The van der Waals surface area contributed by atoms with Gasteiger partial charge in [0, 0.05) is 26.1 Å². The zero-order valence-corrected chi connectivity index (χ0v) is 8.81. The maximum absolute atomic E-state index is 10.5. The van der Waals surface area contributed by atoms with Crippen molar-refractivity contribution in [2.45, 2.75) is 32.5 Å². The summed E-state index contributed by atoms with van der Waals surface area (Å²) in [6, 6.07) is 0. The first-order chi connectivity index (χ1) is 6.41. The van der Waals surface area contributed by atoms with Crippen molar-refractivity contribution in [1.29, 1.82) is 0 Å². The molecule has 5 nitrogen and oxygen atoms in total. The highest BCUT2D eigenvalue weighted by Gasteiger charge is 2.11. The highest BCUT2D eigenvalue weighted by molar-refractivity contribution is 5.73. The van der Waals surface area contributed by atoms with E-state index in [4.69, 9.17) is 15.9 Å². The molecule has 14 heavy (non-hydrogen) atoms. The van der Waals surface area contributed by atoms with Crippen molar-refractivity contribution in [3.8, 4) is 0 Å². The predicted octanol–water partition coefficient (Wildman–Crippen LogP) is -1.07. The average Bonchev–Trinajstić information content (AvgIpc) is 1.97. The molecule has 0 rings (SSSR count). The second kappa shape index (κ2) is 6.75. The van der Waals surface area contributed by atoms with E-state index in [0.29, 0.717) is 19.6 Å². The fourth-order valence-electron chi connectivity index (χ4n) is 1.27. The molecule has 0 fully saturated rings. The SMILES string of the molecule is CC(O)CN(CCC(N)=O)CC(C)O. The monoisotopic (exact) mass is 204 g/mol. The lowest BCUT2D eigenvalue weighted by Crippen LogP contribution is -2.38. The minimum atomic E-state index is -0.471. The van der Waals surface area contributed by atoms with Crippen molar-refractivity contribution >= 4 is 5.91 Å². The first-order valence-corrected chi connectivity index (χ1v) is 4.78. The van der Waals surface area contributed by atoms with Crippen LogP contribution in [-0.4, -0.2) is 52.9 Å². The van der Waals surface area contributed by atoms with Gasteiger partial charge in [0.2, 0.25) is 5.91 Å². The number of nitrogens with zero attached hydrogens (tertiary/aromatic N) is 1. The maximum Gasteiger partial charge on any atom is 0.218 e. The molecule has 0 aliphatic heterocycles. The Morgan fingerprint density at radius 1 is 1.29 bits per heavy atom. The Hall–Kier alpha value is -0.650. The highest BCUT2D eigenvalue weighted by Crippen LogP contribution is 1.97. The smallest absolute Gasteiger partial charge is 0.218 e. The van der Waals surface area contributed by atoms with Gasteiger partial charge in [-0.2, -0.15) is 0 Å². The van der Waals surface area contributed by atoms with Gasteiger partial charge in [0.1, 0.15) is 0 Å². The summed E-state index contributed by atoms with van der Waals surface area (Å²) in [4.78, 5) is 12.4. The van der Waals surface area contributed by atoms with Crippen LogP contribution >= 0.6 is 0 Å². The molecule has 0 aromatic carbocycles. The molecule has 0 aromatic rings. The summed E-state index contributed by atoms with van der Waals surface area (Å²) in [5.41, 5.74) is 5.01. The number of hydrogen-bond acceptors (Lipinski definition) is 4. The summed E-state index contributed by atoms with van der Waals surface area (Å²) in [6.45, 7) is 4.69. The average molecular weight is 204 g/mol. The van der Waals surface area contributed by atoms with Crippen LogP contribution in [-0.2, 0) is 4.79 Å². The summed E-state index contributed by atoms with van der Waals surface area (Å²) in [7, 11) is 0. The van der Waals surface area contributed by atoms with Crippen LogP contribution in [0, 0.1) is 0 Å². The van der Waals surface area contributed by atoms with Gasteiger partial charge in [-0.05, 0) is 13.8 Å². The molecule has 0 bridgehead atoms. The van der Waals surface area contributed by atoms with Crippen molar-refractivity contribution in [3.05, 3.63) is 0 Å². The van der Waals surface area contributed by atoms with Crippen molar-refractivity contribution in [2.75, 3.05) is 19.6 Å². The lowest BCUT2D eigenvalue weighted by molar-refractivity contribution is -0.118. The Kier molecular flexibility index (Phi) is 6.44. The van der Waals surface area contributed by atoms with Gasteiger partial charge in [-0.3, -0.25) is 9.69 Å². The third-order valence-electron chi connectivity index (χ3n) is 1.72. The molecule has 4 N–H and O–H groups in total. The van der Waals surface area contributed by atoms with Gasteiger partial charge >= 0.3 is 0 Å². The summed E-state index contributed by atoms with van der Waals surface area (Å²) >= 11 is 0. The molecule has 0 aliphatic rings. The second-order valence-electron chi connectivity index (χ2n) is 3.67. The number of nitrogens with two attached hydrogens (primary N) is 1. The van der Waals surface area contributed by atoms with Gasteiger partial charge in [-0.25, -0.2) is 0 Å². The van der Waals surface area contributed by atoms with Crippen molar-refractivity contribution in [3.63, 3.8) is 0 Å². The molecule has 0 aliphatic carbocycles. The standard InChI is InChI=1S/C9H20N2O3/c1-7(12)5-11(6-8(2)13)4-3-9(10)14/h7-8,12-13H,3-6H2,1-2H3,(H2,10,14). The molecule has 0 saturated carbocycles. The summed E-state index contributed by atoms with van der Waals surface area (Å²) in [6.07, 6.45) is -0.692. The number of primary amides is 1. The number of aliphatic hydroxyl groups is 2. The van der Waals surface area contributed by atoms with E-state index in [1.807, 2.05) is 4.90 Å². The van der Waals surface area contributed by atoms with E-state index in [-0.39, 0.29) is 12.3 Å². The molecule has 0 spiro atoms. The Morgan fingerprint density at radius 2 is 1.71 bits per heavy atom. The molecule has 0 radical (unpaired) electrons. The van der Waals surface area contributed by atoms with E-state index in [2.05, 4.69) is 0 Å². The number of carbonyl (C=O) groups is 1. The van der Waals surface area contributed by atoms with Gasteiger partial charge in [-0.1, -0.05) is 0 Å². The quantitative estimate of drug-likeness (QED) is 0.492. The molecule has 0 saturated heterocycles. The van der Waals surface area contributed by atoms with Crippen LogP contribution in [0.25, 0.3) is 0 Å². The Morgan fingerprint density at radius 3 is 2.00 bits per heavy atom. The van der Waals surface area contributed by atoms with Crippen LogP contribution in [0.5, 0.6) is 0 Å². The van der Waals surface area contributed by atoms with Crippen LogP contribution in [0.15, 0.2) is 0 Å². The summed E-state index contributed by atoms with van der Waals surface area (Å²) in [5.74, 6) is -0.369. The highest BCUT2D eigenvalue weighted by atomic mass is 16.3. The first kappa shape index (κ1) is 13.4. The number of aliphatic hydroxyl groups excluding tert-OH is 2. The molecule has 0 heterocycles. The Balaban J connectivity index is 3.90. The van der Waals surface area contributed by atoms with Crippen LogP contribution in [0.1, 0.15) is 20.3 Å². The maximum atomic E-state index is 10.5. The van der Waals surface area contributed by atoms with Gasteiger partial charge in [-0.15, -0.1) is 0 Å². The number of amides is 1. The van der Waals surface area contributed by atoms with Crippen molar-refractivity contribution in [2.24, 2.45) is 5.73 Å². The van der Waals surface area contributed by atoms with Crippen LogP contribution in [0.3, 0.4) is 0 Å². The molecular weight excluding hydrogens is 184 g/mol. The molecule has 0 aromatic heterocycles. The van der Waals surface area contributed by atoms with Crippen LogP contribution < -0.4 is 5.73 Å². The van der Waals surface area contributed by atoms with Gasteiger partial charge in [0.15, 0.2) is 0 Å². The van der Waals surface area contributed by atoms with Gasteiger partial charge < -0.3 is 15.9 Å². The zero-order valence-electron chi connectivity index (χ0n) is 8.81. The Labute approximate surface area is 84.5 Å². The van der Waals surface area contributed by atoms with Crippen LogP contribution in [0.2, 0.25) is 0 Å². The van der Waals surface area contributed by atoms with E-state index in [1.54, 1.807) is 13.8 Å². The first-order valence-electron chi connectivity index (χ1n) is 4.78.